The van der Waals surface area contributed by atoms with E-state index in [1.165, 1.54) is 41.5 Å². The highest BCUT2D eigenvalue weighted by Gasteiger charge is 2.20. The minimum absolute atomic E-state index is 0.488. The van der Waals surface area contributed by atoms with Crippen molar-refractivity contribution in [1.29, 1.82) is 0 Å². The van der Waals surface area contributed by atoms with Crippen LogP contribution in [0.3, 0.4) is 0 Å². The summed E-state index contributed by atoms with van der Waals surface area (Å²) in [6.07, 6.45) is 6.34. The number of aromatic amines is 2. The van der Waals surface area contributed by atoms with Crippen molar-refractivity contribution in [3.05, 3.63) is 60.4 Å². The van der Waals surface area contributed by atoms with E-state index >= 15 is 0 Å². The first-order valence-electron chi connectivity index (χ1n) is 9.31. The van der Waals surface area contributed by atoms with Crippen LogP contribution >= 0.6 is 0 Å². The quantitative estimate of drug-likeness (QED) is 0.521. The molecule has 0 aliphatic carbocycles. The van der Waals surface area contributed by atoms with Crippen molar-refractivity contribution in [1.82, 2.24) is 20.1 Å². The molecule has 1 aliphatic rings. The highest BCUT2D eigenvalue weighted by atomic mass is 15.2. The smallest absolute Gasteiger partial charge is 0.0651 e. The second-order valence-electron chi connectivity index (χ2n) is 7.29. The molecule has 1 atom stereocenters. The lowest BCUT2D eigenvalue weighted by molar-refractivity contribution is 0.208. The minimum atomic E-state index is 0.488. The molecule has 0 radical (unpaired) electrons. The van der Waals surface area contributed by atoms with Crippen molar-refractivity contribution >= 4 is 27.5 Å². The average Bonchev–Trinajstić information content (AvgIpc) is 3.30. The summed E-state index contributed by atoms with van der Waals surface area (Å²) in [6, 6.07) is 15.8. The number of piperidine rings is 1. The number of nitrogens with one attached hydrogen (secondary N) is 3. The van der Waals surface area contributed by atoms with Crippen LogP contribution in [0.15, 0.2) is 54.9 Å². The summed E-state index contributed by atoms with van der Waals surface area (Å²) >= 11 is 0. The Morgan fingerprint density at radius 2 is 2.08 bits per heavy atom. The van der Waals surface area contributed by atoms with E-state index in [1.54, 1.807) is 0 Å². The maximum Gasteiger partial charge on any atom is 0.0651 e. The van der Waals surface area contributed by atoms with Gasteiger partial charge in [0, 0.05) is 41.9 Å². The highest BCUT2D eigenvalue weighted by Crippen LogP contribution is 2.22. The molecule has 1 saturated heterocycles. The summed E-state index contributed by atoms with van der Waals surface area (Å²) in [5.74, 6) is 0. The van der Waals surface area contributed by atoms with Crippen molar-refractivity contribution in [2.75, 3.05) is 18.4 Å². The van der Waals surface area contributed by atoms with Gasteiger partial charge in [0.1, 0.15) is 0 Å². The molecule has 3 heterocycles. The van der Waals surface area contributed by atoms with Gasteiger partial charge in [0.25, 0.3) is 0 Å². The Balaban J connectivity index is 1.26. The number of aromatic nitrogens is 3. The summed E-state index contributed by atoms with van der Waals surface area (Å²) < 4.78 is 0. The van der Waals surface area contributed by atoms with Gasteiger partial charge in [-0.05, 0) is 60.7 Å². The number of H-pyrrole nitrogens is 2. The molecular weight excluding hydrogens is 322 g/mol. The standard InChI is InChI=1S/C21H23N5/c1-2-19(24-18-5-6-20-17(11-18)12-23-25-20)14-26(9-1)13-15-3-4-16-7-8-22-21(16)10-15/h3-8,10-12,19,22,24H,1-2,9,13-14H2,(H,23,25)/t19-/m0/s1. The zero-order valence-electron chi connectivity index (χ0n) is 14.7. The minimum Gasteiger partial charge on any atom is -0.381 e. The number of hydrogen-bond donors (Lipinski definition) is 3. The molecule has 4 aromatic rings. The predicted molar refractivity (Wildman–Crippen MR) is 106 cm³/mol. The highest BCUT2D eigenvalue weighted by molar-refractivity contribution is 5.82. The van der Waals surface area contributed by atoms with Crippen LogP contribution in [0.2, 0.25) is 0 Å². The Morgan fingerprint density at radius 1 is 1.08 bits per heavy atom. The molecule has 5 rings (SSSR count). The zero-order chi connectivity index (χ0) is 17.3. The molecular formula is C21H23N5. The third-order valence-electron chi connectivity index (χ3n) is 5.34. The molecule has 132 valence electrons. The van der Waals surface area contributed by atoms with Gasteiger partial charge in [-0.1, -0.05) is 12.1 Å². The van der Waals surface area contributed by atoms with Gasteiger partial charge in [-0.3, -0.25) is 10.00 Å². The normalized spacial score (nSPS) is 18.5. The first-order valence-corrected chi connectivity index (χ1v) is 9.31. The largest absolute Gasteiger partial charge is 0.381 e. The molecule has 0 bridgehead atoms. The number of rotatable bonds is 4. The number of nitrogens with zero attached hydrogens (tertiary/aromatic N) is 2. The lowest BCUT2D eigenvalue weighted by Crippen LogP contribution is -2.41. The molecule has 2 aromatic carbocycles. The van der Waals surface area contributed by atoms with Crippen molar-refractivity contribution in [3.8, 4) is 0 Å². The third kappa shape index (κ3) is 3.06. The van der Waals surface area contributed by atoms with E-state index in [2.05, 4.69) is 67.9 Å². The molecule has 5 nitrogen and oxygen atoms in total. The van der Waals surface area contributed by atoms with Crippen LogP contribution in [-0.4, -0.2) is 39.2 Å². The lowest BCUT2D eigenvalue weighted by atomic mass is 10.0. The van der Waals surface area contributed by atoms with Gasteiger partial charge < -0.3 is 10.3 Å². The van der Waals surface area contributed by atoms with Crippen LogP contribution in [0, 0.1) is 0 Å². The Bertz CT molecular complexity index is 949. The molecule has 0 unspecified atom stereocenters. The molecule has 0 amide bonds. The third-order valence-corrected chi connectivity index (χ3v) is 5.34. The molecule has 26 heavy (non-hydrogen) atoms. The summed E-state index contributed by atoms with van der Waals surface area (Å²) in [5.41, 5.74) is 4.86. The Morgan fingerprint density at radius 3 is 3.08 bits per heavy atom. The van der Waals surface area contributed by atoms with Crippen LogP contribution in [0.1, 0.15) is 18.4 Å². The number of fused-ring (bicyclic) bond motifs is 2. The lowest BCUT2D eigenvalue weighted by Gasteiger charge is -2.33. The molecule has 0 saturated carbocycles. The van der Waals surface area contributed by atoms with E-state index in [1.807, 2.05) is 12.4 Å². The molecule has 5 heteroatoms. The first kappa shape index (κ1) is 15.5. The van der Waals surface area contributed by atoms with Crippen molar-refractivity contribution in [3.63, 3.8) is 0 Å². The summed E-state index contributed by atoms with van der Waals surface area (Å²) in [7, 11) is 0. The van der Waals surface area contributed by atoms with E-state index in [0.29, 0.717) is 6.04 Å². The number of benzene rings is 2. The van der Waals surface area contributed by atoms with Gasteiger partial charge in [-0.15, -0.1) is 0 Å². The van der Waals surface area contributed by atoms with E-state index < -0.39 is 0 Å². The SMILES string of the molecule is c1cc2ccc(CN3CCC[C@H](Nc4ccc5[nH]ncc5c4)C3)cc2[nH]1. The Labute approximate surface area is 152 Å². The van der Waals surface area contributed by atoms with Crippen molar-refractivity contribution < 1.29 is 0 Å². The maximum atomic E-state index is 4.10. The Hall–Kier alpha value is -2.79. The van der Waals surface area contributed by atoms with Gasteiger partial charge in [-0.25, -0.2) is 0 Å². The zero-order valence-corrected chi connectivity index (χ0v) is 14.7. The van der Waals surface area contributed by atoms with Gasteiger partial charge >= 0.3 is 0 Å². The molecule has 3 N–H and O–H groups in total. The Kier molecular flexibility index (Phi) is 3.87. The van der Waals surface area contributed by atoms with E-state index in [4.69, 9.17) is 0 Å². The van der Waals surface area contributed by atoms with Crippen molar-refractivity contribution in [2.24, 2.45) is 0 Å². The van der Waals surface area contributed by atoms with Crippen LogP contribution in [0.25, 0.3) is 21.8 Å². The van der Waals surface area contributed by atoms with Crippen LogP contribution in [-0.2, 0) is 6.54 Å². The summed E-state index contributed by atoms with van der Waals surface area (Å²) in [6.45, 7) is 3.25. The fourth-order valence-corrected chi connectivity index (χ4v) is 4.04. The summed E-state index contributed by atoms with van der Waals surface area (Å²) in [5, 5.41) is 13.3. The molecule has 1 aliphatic heterocycles. The number of hydrogen-bond acceptors (Lipinski definition) is 3. The van der Waals surface area contributed by atoms with Crippen LogP contribution < -0.4 is 5.32 Å². The fourth-order valence-electron chi connectivity index (χ4n) is 4.04. The molecule has 1 fully saturated rings. The number of anilines is 1. The summed E-state index contributed by atoms with van der Waals surface area (Å²) in [4.78, 5) is 5.87. The maximum absolute atomic E-state index is 4.10. The fraction of sp³-hybridized carbons (Fsp3) is 0.286. The topological polar surface area (TPSA) is 59.7 Å². The van der Waals surface area contributed by atoms with E-state index in [-0.39, 0.29) is 0 Å². The predicted octanol–water partition coefficient (Wildman–Crippen LogP) is 4.12. The van der Waals surface area contributed by atoms with Gasteiger partial charge in [-0.2, -0.15) is 5.10 Å². The first-order chi connectivity index (χ1) is 12.8. The number of likely N-dealkylation sites (tertiary alicyclic amines) is 1. The van der Waals surface area contributed by atoms with Crippen LogP contribution in [0.4, 0.5) is 5.69 Å². The van der Waals surface area contributed by atoms with Gasteiger partial charge in [0.15, 0.2) is 0 Å². The van der Waals surface area contributed by atoms with Crippen molar-refractivity contribution in [2.45, 2.75) is 25.4 Å². The monoisotopic (exact) mass is 345 g/mol. The molecule has 0 spiro atoms. The second kappa shape index (κ2) is 6.50. The molecule has 2 aromatic heterocycles. The second-order valence-corrected chi connectivity index (χ2v) is 7.29. The van der Waals surface area contributed by atoms with Gasteiger partial charge in [0.05, 0.1) is 11.7 Å². The van der Waals surface area contributed by atoms with Crippen LogP contribution in [0.5, 0.6) is 0 Å². The average molecular weight is 345 g/mol. The van der Waals surface area contributed by atoms with Gasteiger partial charge in [0.2, 0.25) is 0 Å². The van der Waals surface area contributed by atoms with E-state index in [0.717, 1.165) is 24.0 Å². The van der Waals surface area contributed by atoms with E-state index in [9.17, 15) is 0 Å².